The molecule has 0 saturated carbocycles. The lowest BCUT2D eigenvalue weighted by Crippen LogP contribution is -2.47. The number of carbonyl (C=O) groups excluding carboxylic acids is 1. The lowest BCUT2D eigenvalue weighted by Gasteiger charge is -2.24. The van der Waals surface area contributed by atoms with Gasteiger partial charge in [0.25, 0.3) is 0 Å². The average Bonchev–Trinajstić information content (AvgIpc) is 2.36. The van der Waals surface area contributed by atoms with Crippen LogP contribution in [0.25, 0.3) is 0 Å². The fourth-order valence-electron chi connectivity index (χ4n) is 1.69. The van der Waals surface area contributed by atoms with Crippen molar-refractivity contribution in [1.29, 1.82) is 0 Å². The molecule has 1 heterocycles. The zero-order chi connectivity index (χ0) is 16.2. The minimum absolute atomic E-state index is 0.0572. The highest BCUT2D eigenvalue weighted by molar-refractivity contribution is 5.84. The molecule has 1 aromatic heterocycles. The molecule has 1 atom stereocenters. The SMILES string of the molecule is CNc1cc(NC(C)C(=O)NC(C)(C)C)nc(C(C)C)n1. The van der Waals surface area contributed by atoms with Crippen molar-refractivity contribution in [3.8, 4) is 0 Å². The van der Waals surface area contributed by atoms with Crippen LogP contribution in [-0.4, -0.2) is 34.5 Å². The lowest BCUT2D eigenvalue weighted by atomic mass is 10.1. The zero-order valence-corrected chi connectivity index (χ0v) is 14.0. The maximum Gasteiger partial charge on any atom is 0.242 e. The first-order valence-corrected chi connectivity index (χ1v) is 7.27. The minimum Gasteiger partial charge on any atom is -0.373 e. The van der Waals surface area contributed by atoms with Crippen molar-refractivity contribution in [3.05, 3.63) is 11.9 Å². The summed E-state index contributed by atoms with van der Waals surface area (Å²) in [6.07, 6.45) is 0. The van der Waals surface area contributed by atoms with E-state index in [0.717, 1.165) is 11.6 Å². The molecule has 0 spiro atoms. The number of hydrogen-bond acceptors (Lipinski definition) is 5. The summed E-state index contributed by atoms with van der Waals surface area (Å²) in [4.78, 5) is 21.0. The molecule has 0 radical (unpaired) electrons. The summed E-state index contributed by atoms with van der Waals surface area (Å²) < 4.78 is 0. The fourth-order valence-corrected chi connectivity index (χ4v) is 1.69. The van der Waals surface area contributed by atoms with E-state index in [2.05, 4.69) is 25.9 Å². The molecule has 0 aliphatic carbocycles. The van der Waals surface area contributed by atoms with Crippen LogP contribution in [0.15, 0.2) is 6.07 Å². The second-order valence-corrected chi connectivity index (χ2v) is 6.51. The Hall–Kier alpha value is -1.85. The summed E-state index contributed by atoms with van der Waals surface area (Å²) >= 11 is 0. The third kappa shape index (κ3) is 5.57. The van der Waals surface area contributed by atoms with Gasteiger partial charge >= 0.3 is 0 Å². The molecule has 0 saturated heterocycles. The monoisotopic (exact) mass is 293 g/mol. The summed E-state index contributed by atoms with van der Waals surface area (Å²) in [7, 11) is 1.81. The van der Waals surface area contributed by atoms with Crippen molar-refractivity contribution in [2.24, 2.45) is 0 Å². The van der Waals surface area contributed by atoms with Crippen molar-refractivity contribution < 1.29 is 4.79 Å². The van der Waals surface area contributed by atoms with Crippen LogP contribution in [0.2, 0.25) is 0 Å². The molecule has 1 unspecified atom stereocenters. The number of hydrogen-bond donors (Lipinski definition) is 3. The van der Waals surface area contributed by atoms with Gasteiger partial charge in [0.15, 0.2) is 0 Å². The largest absolute Gasteiger partial charge is 0.373 e. The number of carbonyl (C=O) groups is 1. The maximum atomic E-state index is 12.1. The van der Waals surface area contributed by atoms with E-state index in [-0.39, 0.29) is 23.4 Å². The molecular weight excluding hydrogens is 266 g/mol. The molecule has 118 valence electrons. The zero-order valence-electron chi connectivity index (χ0n) is 14.0. The summed E-state index contributed by atoms with van der Waals surface area (Å²) in [5.41, 5.74) is -0.252. The number of aromatic nitrogens is 2. The van der Waals surface area contributed by atoms with Crippen LogP contribution in [0.3, 0.4) is 0 Å². The Morgan fingerprint density at radius 3 is 2.19 bits per heavy atom. The number of amides is 1. The molecule has 0 aliphatic rings. The molecule has 1 aromatic rings. The average molecular weight is 293 g/mol. The third-order valence-corrected chi connectivity index (χ3v) is 2.77. The van der Waals surface area contributed by atoms with Crippen LogP contribution in [0, 0.1) is 0 Å². The van der Waals surface area contributed by atoms with Gasteiger partial charge in [0, 0.05) is 24.6 Å². The highest BCUT2D eigenvalue weighted by Crippen LogP contribution is 2.17. The van der Waals surface area contributed by atoms with Crippen LogP contribution >= 0.6 is 0 Å². The van der Waals surface area contributed by atoms with E-state index in [1.165, 1.54) is 0 Å². The molecule has 0 aromatic carbocycles. The van der Waals surface area contributed by atoms with Gasteiger partial charge in [0.2, 0.25) is 5.91 Å². The van der Waals surface area contributed by atoms with Crippen molar-refractivity contribution in [1.82, 2.24) is 15.3 Å². The van der Waals surface area contributed by atoms with E-state index in [4.69, 9.17) is 0 Å². The summed E-state index contributed by atoms with van der Waals surface area (Å²) in [6, 6.07) is 1.43. The Bertz CT molecular complexity index is 493. The van der Waals surface area contributed by atoms with E-state index in [9.17, 15) is 4.79 Å². The van der Waals surface area contributed by atoms with Gasteiger partial charge < -0.3 is 16.0 Å². The number of nitrogens with zero attached hydrogens (tertiary/aromatic N) is 2. The summed E-state index contributed by atoms with van der Waals surface area (Å²) in [5.74, 6) is 2.29. The van der Waals surface area contributed by atoms with Crippen LogP contribution in [-0.2, 0) is 4.79 Å². The van der Waals surface area contributed by atoms with Gasteiger partial charge in [0.1, 0.15) is 23.5 Å². The Morgan fingerprint density at radius 2 is 1.71 bits per heavy atom. The highest BCUT2D eigenvalue weighted by atomic mass is 16.2. The van der Waals surface area contributed by atoms with Crippen molar-refractivity contribution >= 4 is 17.5 Å². The topological polar surface area (TPSA) is 78.9 Å². The van der Waals surface area contributed by atoms with E-state index < -0.39 is 0 Å². The maximum absolute atomic E-state index is 12.1. The third-order valence-electron chi connectivity index (χ3n) is 2.77. The van der Waals surface area contributed by atoms with Gasteiger partial charge in [-0.1, -0.05) is 13.8 Å². The molecule has 1 amide bonds. The smallest absolute Gasteiger partial charge is 0.242 e. The van der Waals surface area contributed by atoms with Gasteiger partial charge in [-0.3, -0.25) is 4.79 Å². The number of anilines is 2. The van der Waals surface area contributed by atoms with Crippen LogP contribution in [0.5, 0.6) is 0 Å². The first kappa shape index (κ1) is 17.2. The Labute approximate surface area is 127 Å². The standard InChI is InChI=1S/C15H27N5O/c1-9(2)13-18-11(16-7)8-12(19-13)17-10(3)14(21)20-15(4,5)6/h8-10H,1-7H3,(H,20,21)(H2,16,17,18,19). The van der Waals surface area contributed by atoms with Gasteiger partial charge in [-0.2, -0.15) is 0 Å². The van der Waals surface area contributed by atoms with Gasteiger partial charge in [0.05, 0.1) is 0 Å². The number of nitrogens with one attached hydrogen (secondary N) is 3. The van der Waals surface area contributed by atoms with Crippen LogP contribution in [0.1, 0.15) is 53.3 Å². The van der Waals surface area contributed by atoms with E-state index in [0.29, 0.717) is 5.82 Å². The Morgan fingerprint density at radius 1 is 1.14 bits per heavy atom. The van der Waals surface area contributed by atoms with Crippen molar-refractivity contribution in [3.63, 3.8) is 0 Å². The molecule has 1 rings (SSSR count). The van der Waals surface area contributed by atoms with Gasteiger partial charge in [-0.05, 0) is 27.7 Å². The predicted octanol–water partition coefficient (Wildman–Crippen LogP) is 2.36. The molecule has 6 heteroatoms. The summed E-state index contributed by atoms with van der Waals surface area (Å²) in [6.45, 7) is 11.8. The van der Waals surface area contributed by atoms with E-state index in [1.54, 1.807) is 6.07 Å². The molecule has 0 aliphatic heterocycles. The second kappa shape index (κ2) is 6.74. The first-order chi connectivity index (χ1) is 9.62. The predicted molar refractivity (Wildman–Crippen MR) is 86.6 cm³/mol. The quantitative estimate of drug-likeness (QED) is 0.776. The molecule has 0 fully saturated rings. The van der Waals surface area contributed by atoms with Crippen LogP contribution < -0.4 is 16.0 Å². The Kier molecular flexibility index (Phi) is 5.52. The summed E-state index contributed by atoms with van der Waals surface area (Å²) in [5, 5.41) is 9.09. The highest BCUT2D eigenvalue weighted by Gasteiger charge is 2.20. The Balaban J connectivity index is 2.86. The normalized spacial score (nSPS) is 13.0. The van der Waals surface area contributed by atoms with E-state index >= 15 is 0 Å². The van der Waals surface area contributed by atoms with Crippen molar-refractivity contribution in [2.45, 2.75) is 59.0 Å². The van der Waals surface area contributed by atoms with E-state index in [1.807, 2.05) is 48.6 Å². The molecule has 6 nitrogen and oxygen atoms in total. The van der Waals surface area contributed by atoms with Gasteiger partial charge in [-0.15, -0.1) is 0 Å². The van der Waals surface area contributed by atoms with Crippen molar-refractivity contribution in [2.75, 3.05) is 17.7 Å². The number of rotatable bonds is 5. The van der Waals surface area contributed by atoms with Gasteiger partial charge in [-0.25, -0.2) is 9.97 Å². The molecular formula is C15H27N5O. The molecule has 0 bridgehead atoms. The van der Waals surface area contributed by atoms with Crippen LogP contribution in [0.4, 0.5) is 11.6 Å². The molecule has 21 heavy (non-hydrogen) atoms. The lowest BCUT2D eigenvalue weighted by molar-refractivity contribution is -0.122. The molecule has 3 N–H and O–H groups in total. The first-order valence-electron chi connectivity index (χ1n) is 7.27. The minimum atomic E-state index is -0.371. The fraction of sp³-hybridized carbons (Fsp3) is 0.667. The second-order valence-electron chi connectivity index (χ2n) is 6.51.